The van der Waals surface area contributed by atoms with Crippen LogP contribution in [0.15, 0.2) is 36.4 Å². The van der Waals surface area contributed by atoms with Gasteiger partial charge in [-0.15, -0.1) is 0 Å². The highest BCUT2D eigenvalue weighted by molar-refractivity contribution is 6.48. The number of aryl methyl sites for hydroxylation is 1. The first-order valence-electron chi connectivity index (χ1n) is 9.93. The second kappa shape index (κ2) is 11.3. The van der Waals surface area contributed by atoms with E-state index in [2.05, 4.69) is 10.6 Å². The third-order valence-electron chi connectivity index (χ3n) is 4.79. The first-order chi connectivity index (χ1) is 15.3. The predicted molar refractivity (Wildman–Crippen MR) is 126 cm³/mol. The molecule has 0 spiro atoms. The number of carbonyl (C=O) groups is 2. The van der Waals surface area contributed by atoms with E-state index in [4.69, 9.17) is 34.8 Å². The molecule has 33 heavy (non-hydrogen) atoms. The van der Waals surface area contributed by atoms with Crippen LogP contribution in [-0.2, 0) is 4.79 Å². The summed E-state index contributed by atoms with van der Waals surface area (Å²) < 4.78 is 41.1. The van der Waals surface area contributed by atoms with Gasteiger partial charge in [-0.2, -0.15) is 13.2 Å². The Balaban J connectivity index is 2.27. The topological polar surface area (TPSA) is 58.2 Å². The molecule has 0 aliphatic carbocycles. The van der Waals surface area contributed by atoms with Crippen molar-refractivity contribution in [2.75, 3.05) is 6.54 Å². The number of amides is 2. The van der Waals surface area contributed by atoms with Crippen LogP contribution < -0.4 is 10.6 Å². The minimum absolute atomic E-state index is 0.0158. The van der Waals surface area contributed by atoms with E-state index in [1.54, 1.807) is 26.8 Å². The zero-order valence-electron chi connectivity index (χ0n) is 18.0. The zero-order chi connectivity index (χ0) is 24.9. The number of halogens is 6. The highest BCUT2D eigenvalue weighted by Crippen LogP contribution is 2.41. The van der Waals surface area contributed by atoms with Crippen LogP contribution in [0.5, 0.6) is 0 Å². The fraction of sp³-hybridized carbons (Fsp3) is 0.304. The first kappa shape index (κ1) is 27.0. The number of likely N-dealkylation sites (N-methyl/N-ethyl adjacent to an activating group) is 1. The largest absolute Gasteiger partial charge is 0.399 e. The molecule has 0 saturated carbocycles. The second-order valence-electron chi connectivity index (χ2n) is 7.34. The summed E-state index contributed by atoms with van der Waals surface area (Å²) in [5.41, 5.74) is 1.16. The van der Waals surface area contributed by atoms with Crippen LogP contribution in [0.2, 0.25) is 15.1 Å². The summed E-state index contributed by atoms with van der Waals surface area (Å²) in [6.07, 6.45) is -2.30. The van der Waals surface area contributed by atoms with E-state index >= 15 is 0 Å². The molecular formula is C23H22Cl3F3N2O2. The monoisotopic (exact) mass is 520 g/mol. The lowest BCUT2D eigenvalue weighted by atomic mass is 9.96. The number of rotatable bonds is 7. The summed E-state index contributed by atoms with van der Waals surface area (Å²) in [6, 6.07) is 6.12. The lowest BCUT2D eigenvalue weighted by Gasteiger charge is -2.18. The van der Waals surface area contributed by atoms with Crippen molar-refractivity contribution < 1.29 is 22.8 Å². The van der Waals surface area contributed by atoms with Crippen molar-refractivity contribution >= 4 is 52.7 Å². The third kappa shape index (κ3) is 7.13. The van der Waals surface area contributed by atoms with E-state index in [9.17, 15) is 22.8 Å². The van der Waals surface area contributed by atoms with Gasteiger partial charge >= 0.3 is 6.18 Å². The van der Waals surface area contributed by atoms with E-state index < -0.39 is 24.0 Å². The lowest BCUT2D eigenvalue weighted by molar-refractivity contribution is -0.139. The minimum atomic E-state index is -4.60. The van der Waals surface area contributed by atoms with Gasteiger partial charge in [0, 0.05) is 12.1 Å². The van der Waals surface area contributed by atoms with Crippen LogP contribution in [0.25, 0.3) is 6.08 Å². The number of allylic oxidation sites excluding steroid dienone is 1. The number of hydrogen-bond donors (Lipinski definition) is 2. The fourth-order valence-electron chi connectivity index (χ4n) is 3.08. The molecule has 0 fully saturated rings. The maximum Gasteiger partial charge on any atom is 0.399 e. The van der Waals surface area contributed by atoms with Crippen LogP contribution in [0.3, 0.4) is 0 Å². The van der Waals surface area contributed by atoms with E-state index in [0.29, 0.717) is 23.2 Å². The van der Waals surface area contributed by atoms with Crippen molar-refractivity contribution in [2.45, 2.75) is 38.9 Å². The van der Waals surface area contributed by atoms with Gasteiger partial charge in [0.05, 0.1) is 21.0 Å². The molecule has 10 heteroatoms. The molecule has 2 N–H and O–H groups in total. The number of carbonyl (C=O) groups excluding carboxylic acids is 2. The molecular weight excluding hydrogens is 500 g/mol. The molecule has 0 saturated heterocycles. The Labute approximate surface area is 205 Å². The van der Waals surface area contributed by atoms with Crippen LogP contribution >= 0.6 is 34.8 Å². The summed E-state index contributed by atoms with van der Waals surface area (Å²) in [5, 5.41) is 5.04. The van der Waals surface area contributed by atoms with Gasteiger partial charge in [0.1, 0.15) is 6.04 Å². The van der Waals surface area contributed by atoms with Crippen molar-refractivity contribution in [3.05, 3.63) is 73.7 Å². The van der Waals surface area contributed by atoms with Gasteiger partial charge < -0.3 is 10.6 Å². The average molecular weight is 522 g/mol. The molecule has 4 nitrogen and oxygen atoms in total. The standard InChI is InChI=1S/C23H22Cl3F3N2O2/c1-4-30-21(32)13(3)31-22(33)16-7-5-14(9-12(16)2)6-8-17(23(27,28)29)15-10-18(24)20(26)19(25)11-15/h5-11,13,17H,4H2,1-3H3,(H,30,32)(H,31,33). The Bertz CT molecular complexity index is 1050. The Kier molecular flexibility index (Phi) is 9.23. The molecule has 0 bridgehead atoms. The van der Waals surface area contributed by atoms with Gasteiger partial charge in [-0.3, -0.25) is 9.59 Å². The van der Waals surface area contributed by atoms with Gasteiger partial charge in [-0.1, -0.05) is 59.1 Å². The quantitative estimate of drug-likeness (QED) is 0.405. The zero-order valence-corrected chi connectivity index (χ0v) is 20.3. The SMILES string of the molecule is CCNC(=O)C(C)NC(=O)c1ccc(C=CC(c2cc(Cl)c(Cl)c(Cl)c2)C(F)(F)F)cc1C. The molecule has 0 aliphatic heterocycles. The Morgan fingerprint density at radius 2 is 1.70 bits per heavy atom. The summed E-state index contributed by atoms with van der Waals surface area (Å²) in [6.45, 7) is 5.42. The van der Waals surface area contributed by atoms with E-state index in [1.807, 2.05) is 0 Å². The van der Waals surface area contributed by atoms with Crippen LogP contribution in [0.1, 0.15) is 46.8 Å². The molecule has 2 unspecified atom stereocenters. The molecule has 0 radical (unpaired) electrons. The maximum absolute atomic E-state index is 13.7. The number of alkyl halides is 3. The molecule has 2 amide bonds. The van der Waals surface area contributed by atoms with E-state index in [0.717, 1.165) is 18.2 Å². The smallest absolute Gasteiger partial charge is 0.355 e. The maximum atomic E-state index is 13.7. The summed E-state index contributed by atoms with van der Waals surface area (Å²) >= 11 is 17.6. The van der Waals surface area contributed by atoms with Crippen molar-refractivity contribution in [1.29, 1.82) is 0 Å². The molecule has 2 aromatic rings. The predicted octanol–water partition coefficient (Wildman–Crippen LogP) is 6.57. The fourth-order valence-corrected chi connectivity index (χ4v) is 3.70. The Morgan fingerprint density at radius 1 is 1.09 bits per heavy atom. The molecule has 178 valence electrons. The average Bonchev–Trinajstić information content (AvgIpc) is 2.71. The second-order valence-corrected chi connectivity index (χ2v) is 8.53. The summed E-state index contributed by atoms with van der Waals surface area (Å²) in [7, 11) is 0. The molecule has 2 atom stereocenters. The molecule has 0 heterocycles. The van der Waals surface area contributed by atoms with Crippen LogP contribution in [0.4, 0.5) is 13.2 Å². The van der Waals surface area contributed by atoms with Crippen LogP contribution in [0, 0.1) is 6.92 Å². The number of hydrogen-bond acceptors (Lipinski definition) is 2. The molecule has 0 aromatic heterocycles. The van der Waals surface area contributed by atoms with Crippen molar-refractivity contribution in [2.24, 2.45) is 0 Å². The van der Waals surface area contributed by atoms with Crippen molar-refractivity contribution in [3.8, 4) is 0 Å². The normalized spacial score (nSPS) is 13.6. The lowest BCUT2D eigenvalue weighted by Crippen LogP contribution is -2.44. The number of benzene rings is 2. The van der Waals surface area contributed by atoms with Gasteiger partial charge in [0.15, 0.2) is 0 Å². The minimum Gasteiger partial charge on any atom is -0.355 e. The van der Waals surface area contributed by atoms with Gasteiger partial charge in [-0.05, 0) is 55.7 Å². The number of nitrogens with one attached hydrogen (secondary N) is 2. The van der Waals surface area contributed by atoms with Gasteiger partial charge in [0.25, 0.3) is 5.91 Å². The molecule has 2 rings (SSSR count). The summed E-state index contributed by atoms with van der Waals surface area (Å²) in [5.74, 6) is -2.74. The molecule has 2 aromatic carbocycles. The van der Waals surface area contributed by atoms with Crippen molar-refractivity contribution in [1.82, 2.24) is 10.6 Å². The first-order valence-corrected chi connectivity index (χ1v) is 11.1. The summed E-state index contributed by atoms with van der Waals surface area (Å²) in [4.78, 5) is 24.3. The van der Waals surface area contributed by atoms with Gasteiger partial charge in [0.2, 0.25) is 5.91 Å². The highest BCUT2D eigenvalue weighted by Gasteiger charge is 2.39. The van der Waals surface area contributed by atoms with Gasteiger partial charge in [-0.25, -0.2) is 0 Å². The highest BCUT2D eigenvalue weighted by atomic mass is 35.5. The molecule has 0 aliphatic rings. The Hall–Kier alpha value is -2.22. The van der Waals surface area contributed by atoms with E-state index in [1.165, 1.54) is 18.2 Å². The Morgan fingerprint density at radius 3 is 2.21 bits per heavy atom. The van der Waals surface area contributed by atoms with Crippen LogP contribution in [-0.4, -0.2) is 30.6 Å². The van der Waals surface area contributed by atoms with E-state index in [-0.39, 0.29) is 26.5 Å². The third-order valence-corrected chi connectivity index (χ3v) is 5.98. The van der Waals surface area contributed by atoms with Crippen molar-refractivity contribution in [3.63, 3.8) is 0 Å².